The third-order valence-electron chi connectivity index (χ3n) is 4.95. The average molecular weight is 389 g/mol. The number of hydrogen-bond acceptors (Lipinski definition) is 5. The van der Waals surface area contributed by atoms with Crippen molar-refractivity contribution < 1.29 is 18.0 Å². The van der Waals surface area contributed by atoms with Crippen molar-refractivity contribution in [2.75, 3.05) is 11.4 Å². The number of fused-ring (bicyclic) bond motifs is 1. The van der Waals surface area contributed by atoms with Crippen LogP contribution in [0.2, 0.25) is 0 Å². The van der Waals surface area contributed by atoms with E-state index in [1.54, 1.807) is 12.4 Å². The van der Waals surface area contributed by atoms with Crippen molar-refractivity contribution in [1.82, 2.24) is 20.4 Å². The maximum atomic E-state index is 13.2. The molecule has 0 aliphatic carbocycles. The minimum atomic E-state index is -4.47. The highest BCUT2D eigenvalue weighted by molar-refractivity contribution is 6.06. The summed E-state index contributed by atoms with van der Waals surface area (Å²) in [7, 11) is 0. The first-order valence-corrected chi connectivity index (χ1v) is 8.78. The first-order valence-electron chi connectivity index (χ1n) is 8.78. The quantitative estimate of drug-likeness (QED) is 0.856. The summed E-state index contributed by atoms with van der Waals surface area (Å²) < 4.78 is 38.4. The van der Waals surface area contributed by atoms with Crippen LogP contribution in [-0.4, -0.2) is 39.5 Å². The Kier molecular flexibility index (Phi) is 4.34. The number of piperazine rings is 1. The van der Waals surface area contributed by atoms with Crippen LogP contribution < -0.4 is 10.3 Å². The Bertz CT molecular complexity index is 941. The monoisotopic (exact) mass is 389 g/mol. The fourth-order valence-electron chi connectivity index (χ4n) is 3.56. The van der Waals surface area contributed by atoms with Crippen LogP contribution >= 0.6 is 0 Å². The molecule has 1 N–H and O–H groups in total. The van der Waals surface area contributed by atoms with Crippen molar-refractivity contribution in [2.24, 2.45) is 0 Å². The van der Waals surface area contributed by atoms with Gasteiger partial charge in [0.2, 0.25) is 0 Å². The van der Waals surface area contributed by atoms with E-state index in [1.165, 1.54) is 11.0 Å². The van der Waals surface area contributed by atoms with Gasteiger partial charge in [-0.2, -0.15) is 13.2 Å². The predicted octanol–water partition coefficient (Wildman–Crippen LogP) is 2.77. The number of nitrogens with zero attached hydrogens (tertiary/aromatic N) is 4. The van der Waals surface area contributed by atoms with Gasteiger partial charge in [-0.15, -0.1) is 0 Å². The Morgan fingerprint density at radius 2 is 2.00 bits per heavy atom. The zero-order chi connectivity index (χ0) is 20.1. The minimum absolute atomic E-state index is 0.0662. The van der Waals surface area contributed by atoms with Gasteiger partial charge in [0.1, 0.15) is 11.9 Å². The Morgan fingerprint density at radius 1 is 1.21 bits per heavy atom. The number of alkyl halides is 3. The first kappa shape index (κ1) is 18.4. The van der Waals surface area contributed by atoms with E-state index in [2.05, 4.69) is 15.4 Å². The van der Waals surface area contributed by atoms with E-state index in [1.807, 2.05) is 31.0 Å². The number of carbonyl (C=O) groups excluding carboxylic acids is 1. The molecule has 1 unspecified atom stereocenters. The van der Waals surface area contributed by atoms with Crippen molar-refractivity contribution in [3.8, 4) is 0 Å². The molecule has 2 aliphatic heterocycles. The minimum Gasteiger partial charge on any atom is -0.324 e. The number of pyridine rings is 2. The Hall–Kier alpha value is -2.94. The van der Waals surface area contributed by atoms with Gasteiger partial charge in [0.15, 0.2) is 0 Å². The third kappa shape index (κ3) is 3.11. The lowest BCUT2D eigenvalue weighted by atomic mass is 9.96. The van der Waals surface area contributed by atoms with Crippen molar-refractivity contribution in [3.05, 3.63) is 59.7 Å². The number of hydrogen-bond donors (Lipinski definition) is 1. The van der Waals surface area contributed by atoms with Gasteiger partial charge in [-0.05, 0) is 43.7 Å². The van der Waals surface area contributed by atoms with Crippen LogP contribution in [-0.2, 0) is 11.0 Å². The molecule has 0 bridgehead atoms. The van der Waals surface area contributed by atoms with Crippen molar-refractivity contribution in [1.29, 1.82) is 0 Å². The second-order valence-corrected chi connectivity index (χ2v) is 6.93. The summed E-state index contributed by atoms with van der Waals surface area (Å²) in [6, 6.07) is 5.26. The molecule has 2 aromatic heterocycles. The molecule has 6 nitrogen and oxygen atoms in total. The lowest BCUT2D eigenvalue weighted by Crippen LogP contribution is -2.62. The molecule has 0 aromatic carbocycles. The number of hydrazine groups is 1. The second kappa shape index (κ2) is 6.59. The van der Waals surface area contributed by atoms with E-state index in [0.29, 0.717) is 6.54 Å². The van der Waals surface area contributed by atoms with Gasteiger partial charge < -0.3 is 5.43 Å². The summed E-state index contributed by atoms with van der Waals surface area (Å²) in [5.74, 6) is -0.0299. The van der Waals surface area contributed by atoms with E-state index in [-0.39, 0.29) is 17.8 Å². The Balaban J connectivity index is 1.66. The van der Waals surface area contributed by atoms with Gasteiger partial charge in [-0.3, -0.25) is 14.7 Å². The number of aryl methyl sites for hydroxylation is 1. The van der Waals surface area contributed by atoms with Crippen LogP contribution in [0.3, 0.4) is 0 Å². The molecule has 1 amide bonds. The fourth-order valence-corrected chi connectivity index (χ4v) is 3.56. The van der Waals surface area contributed by atoms with Crippen LogP contribution in [0.4, 0.5) is 19.0 Å². The zero-order valence-corrected chi connectivity index (χ0v) is 15.2. The maximum Gasteiger partial charge on any atom is 0.417 e. The summed E-state index contributed by atoms with van der Waals surface area (Å²) in [5.41, 5.74) is 4.79. The normalized spacial score (nSPS) is 22.7. The molecule has 9 heteroatoms. The molecule has 1 fully saturated rings. The number of anilines is 1. The fraction of sp³-hybridized carbons (Fsp3) is 0.316. The zero-order valence-electron chi connectivity index (χ0n) is 15.2. The molecule has 0 radical (unpaired) electrons. The molecule has 2 atom stereocenters. The summed E-state index contributed by atoms with van der Waals surface area (Å²) >= 11 is 0. The summed E-state index contributed by atoms with van der Waals surface area (Å²) in [6.07, 6.45) is -0.237. The number of aromatic nitrogens is 2. The Morgan fingerprint density at radius 3 is 2.64 bits per heavy atom. The number of halogens is 3. The van der Waals surface area contributed by atoms with Crippen LogP contribution in [0.5, 0.6) is 0 Å². The topological polar surface area (TPSA) is 61.4 Å². The average Bonchev–Trinajstić information content (AvgIpc) is 3.10. The predicted molar refractivity (Wildman–Crippen MR) is 96.8 cm³/mol. The highest BCUT2D eigenvalue weighted by Crippen LogP contribution is 2.34. The molecule has 146 valence electrons. The summed E-state index contributed by atoms with van der Waals surface area (Å²) in [5, 5.41) is 1.86. The van der Waals surface area contributed by atoms with Gasteiger partial charge in [-0.1, -0.05) is 0 Å². The van der Waals surface area contributed by atoms with Crippen LogP contribution in [0.25, 0.3) is 5.57 Å². The van der Waals surface area contributed by atoms with Gasteiger partial charge >= 0.3 is 6.18 Å². The van der Waals surface area contributed by atoms with E-state index in [9.17, 15) is 18.0 Å². The van der Waals surface area contributed by atoms with Gasteiger partial charge in [-0.25, -0.2) is 9.99 Å². The van der Waals surface area contributed by atoms with Gasteiger partial charge in [0.25, 0.3) is 5.91 Å². The molecule has 4 rings (SSSR count). The third-order valence-corrected chi connectivity index (χ3v) is 4.95. The highest BCUT2D eigenvalue weighted by Gasteiger charge is 2.45. The maximum absolute atomic E-state index is 13.2. The molecule has 0 spiro atoms. The molecule has 0 saturated carbocycles. The molecule has 2 aromatic rings. The van der Waals surface area contributed by atoms with E-state index >= 15 is 0 Å². The summed E-state index contributed by atoms with van der Waals surface area (Å²) in [4.78, 5) is 22.8. The molecule has 2 aliphatic rings. The van der Waals surface area contributed by atoms with Gasteiger partial charge in [0, 0.05) is 42.4 Å². The van der Waals surface area contributed by atoms with Gasteiger partial charge in [0.05, 0.1) is 5.56 Å². The van der Waals surface area contributed by atoms with Crippen molar-refractivity contribution in [3.63, 3.8) is 0 Å². The molecule has 4 heterocycles. The number of carbonyl (C=O) groups is 1. The molecule has 1 saturated heterocycles. The highest BCUT2D eigenvalue weighted by atomic mass is 19.4. The SMILES string of the molecule is Cc1cc(C2=CNN3C2C(=O)N(c2ccc(C(F)(F)F)cn2)C[C@@H]3C)ccn1. The number of nitrogens with one attached hydrogen (secondary N) is 1. The molecule has 28 heavy (non-hydrogen) atoms. The lowest BCUT2D eigenvalue weighted by Gasteiger charge is -2.41. The number of rotatable bonds is 2. The van der Waals surface area contributed by atoms with Crippen molar-refractivity contribution >= 4 is 17.3 Å². The second-order valence-electron chi connectivity index (χ2n) is 6.93. The van der Waals surface area contributed by atoms with Crippen molar-refractivity contribution in [2.45, 2.75) is 32.1 Å². The van der Waals surface area contributed by atoms with E-state index < -0.39 is 17.8 Å². The smallest absolute Gasteiger partial charge is 0.324 e. The van der Waals surface area contributed by atoms with Crippen LogP contribution in [0, 0.1) is 6.92 Å². The lowest BCUT2D eigenvalue weighted by molar-refractivity contribution is -0.137. The van der Waals surface area contributed by atoms with Crippen LogP contribution in [0.15, 0.2) is 42.9 Å². The number of amides is 1. The largest absolute Gasteiger partial charge is 0.417 e. The Labute approximate surface area is 159 Å². The van der Waals surface area contributed by atoms with E-state index in [4.69, 9.17) is 0 Å². The first-order chi connectivity index (χ1) is 13.3. The molecular formula is C19H18F3N5O. The summed E-state index contributed by atoms with van der Waals surface area (Å²) in [6.45, 7) is 4.13. The van der Waals surface area contributed by atoms with Crippen LogP contribution in [0.1, 0.15) is 23.7 Å². The van der Waals surface area contributed by atoms with E-state index in [0.717, 1.165) is 29.1 Å². The standard InChI is InChI=1S/C19H18F3N5O/c1-11-7-13(5-6-23-11)15-9-25-27-12(2)10-26(18(28)17(15)27)16-4-3-14(8-24-16)19(20,21)22/h3-9,12,17,25H,10H2,1-2H3/t12-,17?/m0/s1. The molecular weight excluding hydrogens is 371 g/mol.